The van der Waals surface area contributed by atoms with E-state index in [1.54, 1.807) is 18.2 Å². The number of anilines is 1. The Bertz CT molecular complexity index is 745. The van der Waals surface area contributed by atoms with Gasteiger partial charge in [0.25, 0.3) is 11.6 Å². The Morgan fingerprint density at radius 1 is 1.38 bits per heavy atom. The first-order valence-electron chi connectivity index (χ1n) is 7.38. The van der Waals surface area contributed by atoms with E-state index in [0.717, 1.165) is 17.9 Å². The lowest BCUT2D eigenvalue weighted by Gasteiger charge is -2.11. The van der Waals surface area contributed by atoms with Gasteiger partial charge in [-0.2, -0.15) is 11.8 Å². The largest absolute Gasteiger partial charge is 0.473 e. The predicted molar refractivity (Wildman–Crippen MR) is 91.6 cm³/mol. The van der Waals surface area contributed by atoms with Crippen molar-refractivity contribution in [1.82, 2.24) is 4.98 Å². The van der Waals surface area contributed by atoms with Crippen LogP contribution in [0.15, 0.2) is 42.6 Å². The molecule has 1 unspecified atom stereocenters. The van der Waals surface area contributed by atoms with E-state index in [1.165, 1.54) is 24.4 Å². The summed E-state index contributed by atoms with van der Waals surface area (Å²) in [5, 5.41) is 13.4. The number of hydrogen-bond acceptors (Lipinski definition) is 6. The lowest BCUT2D eigenvalue weighted by molar-refractivity contribution is -0.384. The van der Waals surface area contributed by atoms with Gasteiger partial charge in [0.1, 0.15) is 6.10 Å². The molecule has 124 valence electrons. The third kappa shape index (κ3) is 4.02. The Hall–Kier alpha value is -2.61. The molecular weight excluding hydrogens is 330 g/mol. The minimum absolute atomic E-state index is 0.0795. The average molecular weight is 345 g/mol. The molecule has 7 nitrogen and oxygen atoms in total. The van der Waals surface area contributed by atoms with E-state index in [4.69, 9.17) is 4.74 Å². The summed E-state index contributed by atoms with van der Waals surface area (Å²) in [6, 6.07) is 9.06. The fourth-order valence-corrected chi connectivity index (χ4v) is 3.36. The van der Waals surface area contributed by atoms with Crippen LogP contribution in [0.1, 0.15) is 16.8 Å². The van der Waals surface area contributed by atoms with Gasteiger partial charge in [0.2, 0.25) is 5.88 Å². The van der Waals surface area contributed by atoms with Crippen LogP contribution in [0, 0.1) is 10.1 Å². The van der Waals surface area contributed by atoms with Gasteiger partial charge in [-0.05, 0) is 24.3 Å². The van der Waals surface area contributed by atoms with Crippen molar-refractivity contribution in [3.05, 3.63) is 58.3 Å². The number of nitrogens with one attached hydrogen (secondary N) is 1. The van der Waals surface area contributed by atoms with E-state index in [1.807, 2.05) is 11.8 Å². The number of nitro groups is 1. The molecule has 1 aliphatic heterocycles. The lowest BCUT2D eigenvalue weighted by atomic mass is 10.2. The SMILES string of the molecule is O=C(Nc1cccc([N+](=O)[O-])c1)c1ccc(OC2CCSC2)nc1. The highest BCUT2D eigenvalue weighted by Gasteiger charge is 2.17. The summed E-state index contributed by atoms with van der Waals surface area (Å²) in [5.74, 6) is 2.16. The molecule has 1 fully saturated rings. The highest BCUT2D eigenvalue weighted by atomic mass is 32.2. The molecule has 24 heavy (non-hydrogen) atoms. The molecule has 0 radical (unpaired) electrons. The molecule has 8 heteroatoms. The first-order chi connectivity index (χ1) is 11.6. The number of carbonyl (C=O) groups is 1. The molecule has 3 rings (SSSR count). The van der Waals surface area contributed by atoms with Crippen molar-refractivity contribution in [3.63, 3.8) is 0 Å². The zero-order valence-corrected chi connectivity index (χ0v) is 13.5. The van der Waals surface area contributed by atoms with Gasteiger partial charge in [0.05, 0.1) is 10.5 Å². The average Bonchev–Trinajstić information content (AvgIpc) is 3.08. The minimum atomic E-state index is -0.509. The maximum Gasteiger partial charge on any atom is 0.271 e. The smallest absolute Gasteiger partial charge is 0.271 e. The van der Waals surface area contributed by atoms with Crippen LogP contribution in [0.2, 0.25) is 0 Å². The number of rotatable bonds is 5. The van der Waals surface area contributed by atoms with Crippen molar-refractivity contribution in [1.29, 1.82) is 0 Å². The second-order valence-corrected chi connectivity index (χ2v) is 6.40. The van der Waals surface area contributed by atoms with E-state index in [9.17, 15) is 14.9 Å². The van der Waals surface area contributed by atoms with Gasteiger partial charge in [0.15, 0.2) is 0 Å². The van der Waals surface area contributed by atoms with Gasteiger partial charge >= 0.3 is 0 Å². The third-order valence-electron chi connectivity index (χ3n) is 3.49. The highest BCUT2D eigenvalue weighted by Crippen LogP contribution is 2.22. The summed E-state index contributed by atoms with van der Waals surface area (Å²) in [7, 11) is 0. The molecule has 0 bridgehead atoms. The van der Waals surface area contributed by atoms with E-state index in [-0.39, 0.29) is 17.7 Å². The Morgan fingerprint density at radius 2 is 2.25 bits per heavy atom. The summed E-state index contributed by atoms with van der Waals surface area (Å²) in [4.78, 5) is 26.6. The molecule has 1 saturated heterocycles. The normalized spacial score (nSPS) is 16.6. The molecule has 1 amide bonds. The number of benzene rings is 1. The number of hydrogen-bond donors (Lipinski definition) is 1. The van der Waals surface area contributed by atoms with Crippen molar-refractivity contribution >= 4 is 29.0 Å². The molecule has 0 spiro atoms. The van der Waals surface area contributed by atoms with Crippen LogP contribution in [-0.4, -0.2) is 33.4 Å². The number of aromatic nitrogens is 1. The number of carbonyl (C=O) groups excluding carboxylic acids is 1. The predicted octanol–water partition coefficient (Wildman–Crippen LogP) is 3.13. The second-order valence-electron chi connectivity index (χ2n) is 5.25. The molecule has 1 aromatic heterocycles. The van der Waals surface area contributed by atoms with E-state index >= 15 is 0 Å². The quantitative estimate of drug-likeness (QED) is 0.661. The fourth-order valence-electron chi connectivity index (χ4n) is 2.26. The lowest BCUT2D eigenvalue weighted by Crippen LogP contribution is -2.16. The molecule has 2 heterocycles. The summed E-state index contributed by atoms with van der Waals surface area (Å²) in [5.41, 5.74) is 0.635. The third-order valence-corrected chi connectivity index (χ3v) is 4.62. The van der Waals surface area contributed by atoms with E-state index < -0.39 is 4.92 Å². The van der Waals surface area contributed by atoms with Gasteiger partial charge < -0.3 is 10.1 Å². The number of nitrogens with zero attached hydrogens (tertiary/aromatic N) is 2. The molecule has 1 aliphatic rings. The van der Waals surface area contributed by atoms with Crippen LogP contribution in [0.25, 0.3) is 0 Å². The van der Waals surface area contributed by atoms with Crippen LogP contribution >= 0.6 is 11.8 Å². The zero-order chi connectivity index (χ0) is 16.9. The topological polar surface area (TPSA) is 94.4 Å². The Balaban J connectivity index is 1.64. The second kappa shape index (κ2) is 7.31. The van der Waals surface area contributed by atoms with Crippen molar-refractivity contribution in [2.24, 2.45) is 0 Å². The van der Waals surface area contributed by atoms with Crippen LogP contribution in [0.4, 0.5) is 11.4 Å². The first-order valence-corrected chi connectivity index (χ1v) is 8.53. The van der Waals surface area contributed by atoms with Gasteiger partial charge in [0, 0.05) is 35.8 Å². The Kier molecular flexibility index (Phi) is 4.95. The van der Waals surface area contributed by atoms with Crippen LogP contribution < -0.4 is 10.1 Å². The minimum Gasteiger partial charge on any atom is -0.473 e. The number of pyridine rings is 1. The summed E-state index contributed by atoms with van der Waals surface area (Å²) < 4.78 is 5.73. The first kappa shape index (κ1) is 16.3. The fraction of sp³-hybridized carbons (Fsp3) is 0.250. The summed E-state index contributed by atoms with van der Waals surface area (Å²) >= 11 is 1.85. The van der Waals surface area contributed by atoms with Gasteiger partial charge in [-0.15, -0.1) is 0 Å². The maximum atomic E-state index is 12.2. The van der Waals surface area contributed by atoms with Gasteiger partial charge in [-0.3, -0.25) is 14.9 Å². The van der Waals surface area contributed by atoms with Crippen LogP contribution in [0.3, 0.4) is 0 Å². The molecular formula is C16H15N3O4S. The standard InChI is InChI=1S/C16H15N3O4S/c20-16(18-12-2-1-3-13(8-12)19(21)22)11-4-5-15(17-9-11)23-14-6-7-24-10-14/h1-5,8-9,14H,6-7,10H2,(H,18,20). The summed E-state index contributed by atoms with van der Waals surface area (Å²) in [6.45, 7) is 0. The van der Waals surface area contributed by atoms with Crippen molar-refractivity contribution in [2.45, 2.75) is 12.5 Å². The molecule has 1 atom stereocenters. The van der Waals surface area contributed by atoms with Crippen molar-refractivity contribution in [2.75, 3.05) is 16.8 Å². The molecule has 0 saturated carbocycles. The number of thioether (sulfide) groups is 1. The highest BCUT2D eigenvalue weighted by molar-refractivity contribution is 7.99. The van der Waals surface area contributed by atoms with Crippen molar-refractivity contribution in [3.8, 4) is 5.88 Å². The molecule has 1 aromatic carbocycles. The number of amides is 1. The van der Waals surface area contributed by atoms with Gasteiger partial charge in [-0.25, -0.2) is 4.98 Å². The monoisotopic (exact) mass is 345 g/mol. The zero-order valence-electron chi connectivity index (χ0n) is 12.7. The number of non-ortho nitro benzene ring substituents is 1. The van der Waals surface area contributed by atoms with Crippen LogP contribution in [-0.2, 0) is 0 Å². The van der Waals surface area contributed by atoms with E-state index in [0.29, 0.717) is 17.1 Å². The Morgan fingerprint density at radius 3 is 2.92 bits per heavy atom. The number of ether oxygens (including phenoxy) is 1. The molecule has 1 N–H and O–H groups in total. The van der Waals surface area contributed by atoms with Crippen molar-refractivity contribution < 1.29 is 14.5 Å². The Labute approximate surface area is 142 Å². The molecule has 0 aliphatic carbocycles. The molecule has 2 aromatic rings. The number of nitro benzene ring substituents is 1. The van der Waals surface area contributed by atoms with E-state index in [2.05, 4.69) is 10.3 Å². The van der Waals surface area contributed by atoms with Crippen LogP contribution in [0.5, 0.6) is 5.88 Å². The summed E-state index contributed by atoms with van der Waals surface area (Å²) in [6.07, 6.45) is 2.61. The van der Waals surface area contributed by atoms with Gasteiger partial charge in [-0.1, -0.05) is 6.07 Å². The maximum absolute atomic E-state index is 12.2.